The molecule has 1 rings (SSSR count). The molecule has 0 bridgehead atoms. The molecule has 0 aliphatic carbocycles. The lowest BCUT2D eigenvalue weighted by Gasteiger charge is -2.20. The number of nitrogens with one attached hydrogen (secondary N) is 1. The number of nitrogens with zero attached hydrogens (tertiary/aromatic N) is 1. The quantitative estimate of drug-likeness (QED) is 0.863. The number of hydrogen-bond donors (Lipinski definition) is 2. The Morgan fingerprint density at radius 3 is 2.67 bits per heavy atom. The zero-order chi connectivity index (χ0) is 13.7. The van der Waals surface area contributed by atoms with E-state index in [0.29, 0.717) is 17.3 Å². The number of benzene rings is 1. The highest BCUT2D eigenvalue weighted by atomic mass is 35.5. The van der Waals surface area contributed by atoms with Crippen molar-refractivity contribution in [2.24, 2.45) is 11.7 Å². The Morgan fingerprint density at radius 1 is 1.50 bits per heavy atom. The number of rotatable bonds is 5. The predicted molar refractivity (Wildman–Crippen MR) is 77.2 cm³/mol. The first-order chi connectivity index (χ1) is 8.49. The van der Waals surface area contributed by atoms with Gasteiger partial charge in [0.05, 0.1) is 17.3 Å². The van der Waals surface area contributed by atoms with E-state index in [1.54, 1.807) is 12.1 Å². The van der Waals surface area contributed by atoms with Gasteiger partial charge in [-0.1, -0.05) is 18.5 Å². The summed E-state index contributed by atoms with van der Waals surface area (Å²) in [7, 11) is 3.83. The van der Waals surface area contributed by atoms with E-state index in [1.165, 1.54) is 0 Å². The molecule has 0 aliphatic rings. The highest BCUT2D eigenvalue weighted by Gasteiger charge is 2.16. The summed E-state index contributed by atoms with van der Waals surface area (Å²) in [5.74, 6) is -0.232. The van der Waals surface area contributed by atoms with Crippen LogP contribution in [-0.4, -0.2) is 26.5 Å². The topological polar surface area (TPSA) is 58.4 Å². The van der Waals surface area contributed by atoms with Crippen LogP contribution in [0.1, 0.15) is 13.3 Å². The van der Waals surface area contributed by atoms with Gasteiger partial charge in [0.2, 0.25) is 5.91 Å². The second-order valence-electron chi connectivity index (χ2n) is 4.39. The van der Waals surface area contributed by atoms with Crippen LogP contribution in [0.3, 0.4) is 0 Å². The third kappa shape index (κ3) is 3.62. The standard InChI is InChI=1S/C13H20ClN3O/c1-4-9(8-15)13(18)16-11-7-10(14)5-6-12(11)17(2)3/h5-7,9H,4,8,15H2,1-3H3,(H,16,18). The molecule has 100 valence electrons. The van der Waals surface area contributed by atoms with Gasteiger partial charge in [-0.2, -0.15) is 0 Å². The van der Waals surface area contributed by atoms with Crippen LogP contribution in [0.4, 0.5) is 11.4 Å². The monoisotopic (exact) mass is 269 g/mol. The highest BCUT2D eigenvalue weighted by molar-refractivity contribution is 6.31. The number of anilines is 2. The van der Waals surface area contributed by atoms with E-state index in [2.05, 4.69) is 5.32 Å². The lowest BCUT2D eigenvalue weighted by Crippen LogP contribution is -2.29. The Kier molecular flexibility index (Phi) is 5.44. The zero-order valence-corrected chi connectivity index (χ0v) is 11.8. The minimum atomic E-state index is -0.168. The third-order valence-corrected chi connectivity index (χ3v) is 3.08. The van der Waals surface area contributed by atoms with Gasteiger partial charge in [0.15, 0.2) is 0 Å². The first kappa shape index (κ1) is 14.8. The second-order valence-corrected chi connectivity index (χ2v) is 4.82. The fourth-order valence-electron chi connectivity index (χ4n) is 1.69. The molecule has 1 aromatic rings. The van der Waals surface area contributed by atoms with Crippen molar-refractivity contribution in [3.05, 3.63) is 23.2 Å². The SMILES string of the molecule is CCC(CN)C(=O)Nc1cc(Cl)ccc1N(C)C. The smallest absolute Gasteiger partial charge is 0.228 e. The lowest BCUT2D eigenvalue weighted by molar-refractivity contribution is -0.119. The maximum atomic E-state index is 12.0. The molecule has 1 unspecified atom stereocenters. The number of halogens is 1. The summed E-state index contributed by atoms with van der Waals surface area (Å²) in [5, 5.41) is 3.48. The zero-order valence-electron chi connectivity index (χ0n) is 11.0. The Bertz CT molecular complexity index is 417. The Hall–Kier alpha value is -1.26. The van der Waals surface area contributed by atoms with Crippen LogP contribution in [0.5, 0.6) is 0 Å². The van der Waals surface area contributed by atoms with Crippen LogP contribution in [0.25, 0.3) is 0 Å². The number of nitrogens with two attached hydrogens (primary N) is 1. The minimum Gasteiger partial charge on any atom is -0.376 e. The molecule has 0 spiro atoms. The largest absolute Gasteiger partial charge is 0.376 e. The molecule has 0 radical (unpaired) electrons. The molecule has 1 amide bonds. The lowest BCUT2D eigenvalue weighted by atomic mass is 10.1. The Morgan fingerprint density at radius 2 is 2.17 bits per heavy atom. The van der Waals surface area contributed by atoms with Gasteiger partial charge in [0, 0.05) is 25.7 Å². The van der Waals surface area contributed by atoms with Crippen molar-refractivity contribution in [3.63, 3.8) is 0 Å². The van der Waals surface area contributed by atoms with Crippen molar-refractivity contribution >= 4 is 28.9 Å². The molecule has 0 fully saturated rings. The maximum absolute atomic E-state index is 12.0. The van der Waals surface area contributed by atoms with Crippen molar-refractivity contribution in [3.8, 4) is 0 Å². The van der Waals surface area contributed by atoms with Gasteiger partial charge in [-0.05, 0) is 24.6 Å². The molecule has 1 atom stereocenters. The van der Waals surface area contributed by atoms with E-state index in [1.807, 2.05) is 32.0 Å². The van der Waals surface area contributed by atoms with Gasteiger partial charge >= 0.3 is 0 Å². The van der Waals surface area contributed by atoms with Crippen molar-refractivity contribution in [2.45, 2.75) is 13.3 Å². The predicted octanol–water partition coefficient (Wildman–Crippen LogP) is 2.33. The molecule has 0 aromatic heterocycles. The average molecular weight is 270 g/mol. The summed E-state index contributed by atoms with van der Waals surface area (Å²) < 4.78 is 0. The van der Waals surface area contributed by atoms with Crippen LogP contribution < -0.4 is 16.0 Å². The van der Waals surface area contributed by atoms with Crippen molar-refractivity contribution in [1.29, 1.82) is 0 Å². The van der Waals surface area contributed by atoms with Gasteiger partial charge in [-0.15, -0.1) is 0 Å². The van der Waals surface area contributed by atoms with Gasteiger partial charge < -0.3 is 16.0 Å². The highest BCUT2D eigenvalue weighted by Crippen LogP contribution is 2.28. The molecule has 3 N–H and O–H groups in total. The Balaban J connectivity index is 2.95. The number of carbonyl (C=O) groups is 1. The van der Waals surface area contributed by atoms with Crippen molar-refractivity contribution in [1.82, 2.24) is 0 Å². The molecular formula is C13H20ClN3O. The Labute approximate surface area is 113 Å². The molecule has 5 heteroatoms. The summed E-state index contributed by atoms with van der Waals surface area (Å²) >= 11 is 5.96. The third-order valence-electron chi connectivity index (χ3n) is 2.85. The number of amides is 1. The summed E-state index contributed by atoms with van der Waals surface area (Å²) in [6.45, 7) is 2.29. The molecular weight excluding hydrogens is 250 g/mol. The average Bonchev–Trinajstić information content (AvgIpc) is 2.30. The van der Waals surface area contributed by atoms with Gasteiger partial charge in [0.1, 0.15) is 0 Å². The van der Waals surface area contributed by atoms with Crippen molar-refractivity contribution in [2.75, 3.05) is 30.9 Å². The number of hydrogen-bond acceptors (Lipinski definition) is 3. The van der Waals surface area contributed by atoms with Crippen molar-refractivity contribution < 1.29 is 4.79 Å². The van der Waals surface area contributed by atoms with Gasteiger partial charge in [-0.25, -0.2) is 0 Å². The number of carbonyl (C=O) groups excluding carboxylic acids is 1. The summed E-state index contributed by atoms with van der Waals surface area (Å²) in [4.78, 5) is 13.9. The van der Waals surface area contributed by atoms with E-state index >= 15 is 0 Å². The molecule has 0 aliphatic heterocycles. The van der Waals surface area contributed by atoms with Crippen LogP contribution in [0.15, 0.2) is 18.2 Å². The van der Waals surface area contributed by atoms with E-state index in [9.17, 15) is 4.79 Å². The van der Waals surface area contributed by atoms with E-state index in [4.69, 9.17) is 17.3 Å². The molecule has 1 aromatic carbocycles. The molecule has 0 saturated heterocycles. The van der Waals surface area contributed by atoms with E-state index in [-0.39, 0.29) is 11.8 Å². The fraction of sp³-hybridized carbons (Fsp3) is 0.462. The molecule has 4 nitrogen and oxygen atoms in total. The van der Waals surface area contributed by atoms with Crippen LogP contribution in [0.2, 0.25) is 5.02 Å². The fourth-order valence-corrected chi connectivity index (χ4v) is 1.86. The maximum Gasteiger partial charge on any atom is 0.228 e. The van der Waals surface area contributed by atoms with Crippen LogP contribution >= 0.6 is 11.6 Å². The van der Waals surface area contributed by atoms with E-state index < -0.39 is 0 Å². The van der Waals surface area contributed by atoms with Crippen LogP contribution in [0, 0.1) is 5.92 Å². The second kappa shape index (κ2) is 6.61. The summed E-state index contributed by atoms with van der Waals surface area (Å²) in [6, 6.07) is 5.42. The molecule has 0 heterocycles. The van der Waals surface area contributed by atoms with Gasteiger partial charge in [-0.3, -0.25) is 4.79 Å². The summed E-state index contributed by atoms with van der Waals surface area (Å²) in [5.41, 5.74) is 7.20. The van der Waals surface area contributed by atoms with Crippen LogP contribution in [-0.2, 0) is 4.79 Å². The minimum absolute atomic E-state index is 0.0645. The summed E-state index contributed by atoms with van der Waals surface area (Å²) in [6.07, 6.45) is 0.722. The molecule has 0 saturated carbocycles. The molecule has 18 heavy (non-hydrogen) atoms. The first-order valence-electron chi connectivity index (χ1n) is 5.97. The first-order valence-corrected chi connectivity index (χ1v) is 6.35. The van der Waals surface area contributed by atoms with E-state index in [0.717, 1.165) is 12.1 Å². The van der Waals surface area contributed by atoms with Gasteiger partial charge in [0.25, 0.3) is 0 Å². The normalized spacial score (nSPS) is 12.1.